The Morgan fingerprint density at radius 1 is 1.05 bits per heavy atom. The topological polar surface area (TPSA) is 15.3 Å². The average molecular weight is 290 g/mol. The van der Waals surface area contributed by atoms with Crippen LogP contribution in [0.2, 0.25) is 0 Å². The van der Waals surface area contributed by atoms with Gasteiger partial charge in [-0.25, -0.2) is 8.78 Å². The minimum Gasteiger partial charge on any atom is -0.368 e. The molecular formula is C17H20F2N2. The number of benzene rings is 2. The molecule has 2 aromatic rings. The Morgan fingerprint density at radius 2 is 1.76 bits per heavy atom. The molecule has 2 aromatic carbocycles. The van der Waals surface area contributed by atoms with Crippen molar-refractivity contribution in [3.63, 3.8) is 0 Å². The van der Waals surface area contributed by atoms with Crippen molar-refractivity contribution >= 4 is 5.69 Å². The molecule has 0 amide bonds. The summed E-state index contributed by atoms with van der Waals surface area (Å²) >= 11 is 0. The maximum absolute atomic E-state index is 14.2. The van der Waals surface area contributed by atoms with E-state index < -0.39 is 0 Å². The Balaban J connectivity index is 2.21. The van der Waals surface area contributed by atoms with Crippen LogP contribution < -0.4 is 10.2 Å². The van der Waals surface area contributed by atoms with Crippen molar-refractivity contribution in [3.8, 4) is 0 Å². The summed E-state index contributed by atoms with van der Waals surface area (Å²) in [6, 6.07) is 11.4. The molecule has 2 rings (SSSR count). The minimum atomic E-state index is -0.264. The van der Waals surface area contributed by atoms with Gasteiger partial charge in [0.05, 0.1) is 5.69 Å². The first-order valence-corrected chi connectivity index (χ1v) is 7.05. The van der Waals surface area contributed by atoms with Gasteiger partial charge in [0.1, 0.15) is 11.6 Å². The second-order valence-electron chi connectivity index (χ2n) is 5.01. The molecule has 2 nitrogen and oxygen atoms in total. The highest BCUT2D eigenvalue weighted by Gasteiger charge is 2.13. The smallest absolute Gasteiger partial charge is 0.146 e. The number of hydrogen-bond acceptors (Lipinski definition) is 2. The standard InChI is InChI=1S/C17H20F2N2/c1-3-20-11-14-5-4-6-16(19)17(14)21(2)12-13-7-9-15(18)10-8-13/h4-10,20H,3,11-12H2,1-2H3. The average Bonchev–Trinajstić information content (AvgIpc) is 2.47. The van der Waals surface area contributed by atoms with Crippen molar-refractivity contribution in [2.45, 2.75) is 20.0 Å². The van der Waals surface area contributed by atoms with E-state index >= 15 is 0 Å². The van der Waals surface area contributed by atoms with Crippen molar-refractivity contribution in [3.05, 3.63) is 65.2 Å². The summed E-state index contributed by atoms with van der Waals surface area (Å²) in [6.07, 6.45) is 0. The van der Waals surface area contributed by atoms with E-state index in [1.54, 1.807) is 18.2 Å². The highest BCUT2D eigenvalue weighted by atomic mass is 19.1. The summed E-state index contributed by atoms with van der Waals surface area (Å²) in [4.78, 5) is 1.86. The molecular weight excluding hydrogens is 270 g/mol. The van der Waals surface area contributed by atoms with Crippen molar-refractivity contribution in [2.75, 3.05) is 18.5 Å². The second-order valence-corrected chi connectivity index (χ2v) is 5.01. The van der Waals surface area contributed by atoms with Crippen LogP contribution in [0.25, 0.3) is 0 Å². The molecule has 4 heteroatoms. The quantitative estimate of drug-likeness (QED) is 0.872. The first kappa shape index (κ1) is 15.4. The molecule has 0 heterocycles. The third-order valence-corrected chi connectivity index (χ3v) is 3.35. The summed E-state index contributed by atoms with van der Waals surface area (Å²) in [6.45, 7) is 4.00. The monoisotopic (exact) mass is 290 g/mol. The zero-order chi connectivity index (χ0) is 15.2. The van der Waals surface area contributed by atoms with Crippen LogP contribution in [0.3, 0.4) is 0 Å². The maximum atomic E-state index is 14.2. The van der Waals surface area contributed by atoms with Crippen LogP contribution in [0.15, 0.2) is 42.5 Å². The predicted molar refractivity (Wildman–Crippen MR) is 82.3 cm³/mol. The Labute approximate surface area is 124 Å². The fourth-order valence-electron chi connectivity index (χ4n) is 2.33. The molecule has 0 aliphatic carbocycles. The van der Waals surface area contributed by atoms with Gasteiger partial charge < -0.3 is 10.2 Å². The van der Waals surface area contributed by atoms with Gasteiger partial charge in [-0.2, -0.15) is 0 Å². The van der Waals surface area contributed by atoms with Crippen molar-refractivity contribution in [1.29, 1.82) is 0 Å². The molecule has 112 valence electrons. The SMILES string of the molecule is CCNCc1cccc(F)c1N(C)Cc1ccc(F)cc1. The molecule has 0 aliphatic heterocycles. The zero-order valence-corrected chi connectivity index (χ0v) is 12.4. The lowest BCUT2D eigenvalue weighted by Crippen LogP contribution is -2.22. The third kappa shape index (κ3) is 4.02. The first-order chi connectivity index (χ1) is 10.1. The van der Waals surface area contributed by atoms with Gasteiger partial charge in [0.15, 0.2) is 0 Å². The van der Waals surface area contributed by atoms with E-state index in [2.05, 4.69) is 5.32 Å². The fraction of sp³-hybridized carbons (Fsp3) is 0.294. The summed E-state index contributed by atoms with van der Waals surface area (Å²) in [7, 11) is 1.84. The van der Waals surface area contributed by atoms with E-state index in [4.69, 9.17) is 0 Å². The largest absolute Gasteiger partial charge is 0.368 e. The van der Waals surface area contributed by atoms with Crippen LogP contribution in [-0.4, -0.2) is 13.6 Å². The van der Waals surface area contributed by atoms with Gasteiger partial charge in [0.2, 0.25) is 0 Å². The molecule has 0 bridgehead atoms. The van der Waals surface area contributed by atoms with Crippen LogP contribution in [0.1, 0.15) is 18.1 Å². The normalized spacial score (nSPS) is 10.7. The second kappa shape index (κ2) is 7.18. The third-order valence-electron chi connectivity index (χ3n) is 3.35. The van der Waals surface area contributed by atoms with E-state index in [1.807, 2.05) is 24.9 Å². The molecule has 0 radical (unpaired) electrons. The number of nitrogens with zero attached hydrogens (tertiary/aromatic N) is 1. The number of anilines is 1. The van der Waals surface area contributed by atoms with Crippen LogP contribution in [0, 0.1) is 11.6 Å². The lowest BCUT2D eigenvalue weighted by atomic mass is 10.1. The molecule has 0 saturated heterocycles. The lowest BCUT2D eigenvalue weighted by molar-refractivity contribution is 0.614. The Morgan fingerprint density at radius 3 is 2.43 bits per heavy atom. The van der Waals surface area contributed by atoms with E-state index in [0.29, 0.717) is 18.8 Å². The van der Waals surface area contributed by atoms with E-state index in [9.17, 15) is 8.78 Å². The predicted octanol–water partition coefficient (Wildman–Crippen LogP) is 3.71. The van der Waals surface area contributed by atoms with Crippen molar-refractivity contribution < 1.29 is 8.78 Å². The van der Waals surface area contributed by atoms with Gasteiger partial charge in [-0.15, -0.1) is 0 Å². The number of halogens is 2. The van der Waals surface area contributed by atoms with Crippen LogP contribution in [-0.2, 0) is 13.1 Å². The van der Waals surface area contributed by atoms with Crippen LogP contribution in [0.4, 0.5) is 14.5 Å². The van der Waals surface area contributed by atoms with Crippen molar-refractivity contribution in [2.24, 2.45) is 0 Å². The number of hydrogen-bond donors (Lipinski definition) is 1. The summed E-state index contributed by atoms with van der Waals surface area (Å²) < 4.78 is 27.1. The van der Waals surface area contributed by atoms with Gasteiger partial charge in [0.25, 0.3) is 0 Å². The van der Waals surface area contributed by atoms with Crippen molar-refractivity contribution in [1.82, 2.24) is 5.32 Å². The maximum Gasteiger partial charge on any atom is 0.146 e. The molecule has 1 N–H and O–H groups in total. The highest BCUT2D eigenvalue weighted by Crippen LogP contribution is 2.25. The highest BCUT2D eigenvalue weighted by molar-refractivity contribution is 5.54. The number of nitrogens with one attached hydrogen (secondary N) is 1. The van der Waals surface area contributed by atoms with Crippen LogP contribution >= 0.6 is 0 Å². The molecule has 0 aromatic heterocycles. The molecule has 0 fully saturated rings. The van der Waals surface area contributed by atoms with E-state index in [-0.39, 0.29) is 11.6 Å². The van der Waals surface area contributed by atoms with Gasteiger partial charge in [-0.3, -0.25) is 0 Å². The fourth-order valence-corrected chi connectivity index (χ4v) is 2.33. The summed E-state index contributed by atoms with van der Waals surface area (Å²) in [5.74, 6) is -0.504. The van der Waals surface area contributed by atoms with E-state index in [0.717, 1.165) is 17.7 Å². The Bertz CT molecular complexity index is 582. The van der Waals surface area contributed by atoms with Gasteiger partial charge in [-0.05, 0) is 35.9 Å². The molecule has 21 heavy (non-hydrogen) atoms. The summed E-state index contributed by atoms with van der Waals surface area (Å²) in [5, 5.41) is 3.22. The number of para-hydroxylation sites is 1. The van der Waals surface area contributed by atoms with E-state index in [1.165, 1.54) is 18.2 Å². The Kier molecular flexibility index (Phi) is 5.28. The Hall–Kier alpha value is -1.94. The number of rotatable bonds is 6. The van der Waals surface area contributed by atoms with Gasteiger partial charge in [-0.1, -0.05) is 31.2 Å². The van der Waals surface area contributed by atoms with Crippen LogP contribution in [0.5, 0.6) is 0 Å². The molecule has 0 aliphatic rings. The summed E-state index contributed by atoms with van der Waals surface area (Å²) in [5.41, 5.74) is 2.45. The lowest BCUT2D eigenvalue weighted by Gasteiger charge is -2.23. The molecule has 0 spiro atoms. The van der Waals surface area contributed by atoms with Gasteiger partial charge >= 0.3 is 0 Å². The first-order valence-electron chi connectivity index (χ1n) is 7.05. The van der Waals surface area contributed by atoms with Gasteiger partial charge in [0, 0.05) is 20.1 Å². The minimum absolute atomic E-state index is 0.241. The molecule has 0 atom stereocenters. The zero-order valence-electron chi connectivity index (χ0n) is 12.4. The molecule has 0 saturated carbocycles. The molecule has 0 unspecified atom stereocenters.